The summed E-state index contributed by atoms with van der Waals surface area (Å²) in [7, 11) is 0. The highest BCUT2D eigenvalue weighted by Crippen LogP contribution is 2.76. The Bertz CT molecular complexity index is 693. The Morgan fingerprint density at radius 2 is 2.22 bits per heavy atom. The van der Waals surface area contributed by atoms with E-state index in [9.17, 15) is 14.7 Å². The number of allylic oxidation sites excluding steroid dienone is 2. The van der Waals surface area contributed by atoms with E-state index >= 15 is 0 Å². The molecule has 4 fully saturated rings. The Labute approximate surface area is 135 Å². The predicted molar refractivity (Wildman–Crippen MR) is 82.3 cm³/mol. The quantitative estimate of drug-likeness (QED) is 0.597. The summed E-state index contributed by atoms with van der Waals surface area (Å²) >= 11 is 0. The maximum Gasteiger partial charge on any atom is 0.313 e. The smallest absolute Gasteiger partial charge is 0.313 e. The highest BCUT2D eigenvalue weighted by atomic mass is 16.6. The van der Waals surface area contributed by atoms with E-state index < -0.39 is 22.9 Å². The molecule has 4 bridgehead atoms. The summed E-state index contributed by atoms with van der Waals surface area (Å²) in [4.78, 5) is 25.0. The lowest BCUT2D eigenvalue weighted by Gasteiger charge is -2.42. The summed E-state index contributed by atoms with van der Waals surface area (Å²) in [5.41, 5.74) is -0.441. The monoisotopic (exact) mass is 314 g/mol. The molecule has 1 saturated heterocycles. The molecule has 1 N–H and O–H groups in total. The van der Waals surface area contributed by atoms with Crippen LogP contribution in [0.2, 0.25) is 0 Å². The molecule has 0 aromatic carbocycles. The Balaban J connectivity index is 1.77. The fraction of sp³-hybridized carbons (Fsp3) is 0.684. The van der Waals surface area contributed by atoms with Crippen molar-refractivity contribution in [2.24, 2.45) is 34.5 Å². The molecule has 0 aromatic rings. The van der Waals surface area contributed by atoms with Gasteiger partial charge in [-0.2, -0.15) is 0 Å². The van der Waals surface area contributed by atoms with Gasteiger partial charge in [-0.05, 0) is 56.4 Å². The van der Waals surface area contributed by atoms with Crippen LogP contribution in [0.5, 0.6) is 0 Å². The van der Waals surface area contributed by atoms with Crippen molar-refractivity contribution >= 4 is 11.9 Å². The van der Waals surface area contributed by atoms with Crippen LogP contribution in [-0.4, -0.2) is 22.6 Å². The van der Waals surface area contributed by atoms with Crippen molar-refractivity contribution in [3.8, 4) is 0 Å². The number of carbonyl (C=O) groups excluding carboxylic acids is 1. The SMILES string of the molecule is C=C1C[C@]23C[C@@H]1CC[C@H]2[C@@]12C=CC[C@@](C)(C(=O)O1)[C@H]2[C@@H]3C(=O)O. The second-order valence-corrected chi connectivity index (χ2v) is 8.66. The van der Waals surface area contributed by atoms with Gasteiger partial charge in [-0.25, -0.2) is 0 Å². The van der Waals surface area contributed by atoms with E-state index in [0.29, 0.717) is 12.3 Å². The highest BCUT2D eigenvalue weighted by Gasteiger charge is 2.80. The van der Waals surface area contributed by atoms with Crippen LogP contribution < -0.4 is 0 Å². The number of esters is 1. The van der Waals surface area contributed by atoms with Gasteiger partial charge < -0.3 is 9.84 Å². The number of carbonyl (C=O) groups is 2. The molecule has 122 valence electrons. The van der Waals surface area contributed by atoms with Gasteiger partial charge in [0, 0.05) is 11.8 Å². The van der Waals surface area contributed by atoms with Crippen LogP contribution in [0.15, 0.2) is 24.3 Å². The first-order valence-electron chi connectivity index (χ1n) is 8.67. The fourth-order valence-corrected chi connectivity index (χ4v) is 7.15. The summed E-state index contributed by atoms with van der Waals surface area (Å²) in [6.45, 7) is 6.15. The lowest BCUT2D eigenvalue weighted by Crippen LogP contribution is -2.44. The molecule has 0 radical (unpaired) electrons. The van der Waals surface area contributed by atoms with Gasteiger partial charge in [0.25, 0.3) is 0 Å². The number of ether oxygens (including phenoxy) is 1. The van der Waals surface area contributed by atoms with Crippen molar-refractivity contribution < 1.29 is 19.4 Å². The minimum atomic E-state index is -0.753. The van der Waals surface area contributed by atoms with E-state index in [1.54, 1.807) is 0 Å². The standard InChI is InChI=1S/C19H22O4/c1-10-8-18-9-11(10)4-5-12(18)19-7-3-6-17(2,16(22)23-19)14(19)13(18)15(20)21/h3,7,11-14H,1,4-6,8-9H2,2H3,(H,20,21)/t11-,12+,13+,14+,17+,18-,19+/m0/s1. The number of carboxylic acids is 1. The van der Waals surface area contributed by atoms with E-state index in [-0.39, 0.29) is 23.2 Å². The van der Waals surface area contributed by atoms with E-state index in [0.717, 1.165) is 25.7 Å². The summed E-state index contributed by atoms with van der Waals surface area (Å²) in [5, 5.41) is 10.1. The zero-order valence-electron chi connectivity index (χ0n) is 13.4. The third-order valence-corrected chi connectivity index (χ3v) is 7.85. The zero-order valence-corrected chi connectivity index (χ0v) is 13.4. The Morgan fingerprint density at radius 3 is 2.96 bits per heavy atom. The molecular weight excluding hydrogens is 292 g/mol. The average molecular weight is 314 g/mol. The average Bonchev–Trinajstić information content (AvgIpc) is 2.92. The molecule has 23 heavy (non-hydrogen) atoms. The molecular formula is C19H22O4. The van der Waals surface area contributed by atoms with Gasteiger partial charge in [-0.15, -0.1) is 0 Å². The second-order valence-electron chi connectivity index (χ2n) is 8.66. The Hall–Kier alpha value is -1.58. The molecule has 3 saturated carbocycles. The van der Waals surface area contributed by atoms with Crippen LogP contribution >= 0.6 is 0 Å². The minimum Gasteiger partial charge on any atom is -0.481 e. The van der Waals surface area contributed by atoms with Crippen LogP contribution in [0.25, 0.3) is 0 Å². The van der Waals surface area contributed by atoms with Crippen LogP contribution in [-0.2, 0) is 14.3 Å². The molecule has 5 rings (SSSR count). The van der Waals surface area contributed by atoms with Crippen molar-refractivity contribution in [2.75, 3.05) is 0 Å². The van der Waals surface area contributed by atoms with Crippen LogP contribution in [0, 0.1) is 34.5 Å². The second kappa shape index (κ2) is 3.73. The number of hydrogen-bond acceptors (Lipinski definition) is 3. The molecule has 7 atom stereocenters. The first-order valence-corrected chi connectivity index (χ1v) is 8.67. The van der Waals surface area contributed by atoms with Gasteiger partial charge in [0.05, 0.1) is 11.3 Å². The normalized spacial score (nSPS) is 55.5. The lowest BCUT2D eigenvalue weighted by atomic mass is 9.62. The van der Waals surface area contributed by atoms with Crippen LogP contribution in [0.1, 0.15) is 39.0 Å². The first-order chi connectivity index (χ1) is 10.9. The van der Waals surface area contributed by atoms with Crippen molar-refractivity contribution in [3.05, 3.63) is 24.3 Å². The van der Waals surface area contributed by atoms with Crippen molar-refractivity contribution in [1.29, 1.82) is 0 Å². The van der Waals surface area contributed by atoms with Gasteiger partial charge in [-0.3, -0.25) is 9.59 Å². The number of fused-ring (bicyclic) bond motifs is 1. The molecule has 1 aliphatic heterocycles. The lowest BCUT2D eigenvalue weighted by molar-refractivity contribution is -0.158. The summed E-state index contributed by atoms with van der Waals surface area (Å²) in [5.74, 6) is -1.12. The first kappa shape index (κ1) is 13.8. The van der Waals surface area contributed by atoms with Gasteiger partial charge >= 0.3 is 11.9 Å². The minimum absolute atomic E-state index is 0.124. The molecule has 5 aliphatic rings. The molecule has 0 unspecified atom stereocenters. The van der Waals surface area contributed by atoms with E-state index in [1.807, 2.05) is 13.0 Å². The van der Waals surface area contributed by atoms with E-state index in [4.69, 9.17) is 4.74 Å². The van der Waals surface area contributed by atoms with E-state index in [1.165, 1.54) is 5.57 Å². The number of hydrogen-bond donors (Lipinski definition) is 1. The van der Waals surface area contributed by atoms with E-state index in [2.05, 4.69) is 12.7 Å². The van der Waals surface area contributed by atoms with Gasteiger partial charge in [0.1, 0.15) is 5.60 Å². The van der Waals surface area contributed by atoms with Gasteiger partial charge in [0.2, 0.25) is 0 Å². The maximum atomic E-state index is 12.6. The summed E-state index contributed by atoms with van der Waals surface area (Å²) < 4.78 is 6.01. The summed E-state index contributed by atoms with van der Waals surface area (Å²) in [6, 6.07) is 0. The molecule has 1 spiro atoms. The van der Waals surface area contributed by atoms with Gasteiger partial charge in [0.15, 0.2) is 0 Å². The summed E-state index contributed by atoms with van der Waals surface area (Å²) in [6.07, 6.45) is 8.38. The molecule has 4 aliphatic carbocycles. The molecule has 4 heteroatoms. The largest absolute Gasteiger partial charge is 0.481 e. The Kier molecular flexibility index (Phi) is 2.24. The number of aliphatic carboxylic acids is 1. The number of rotatable bonds is 1. The fourth-order valence-electron chi connectivity index (χ4n) is 7.15. The number of carboxylic acid groups (broad SMARTS) is 1. The third-order valence-electron chi connectivity index (χ3n) is 7.85. The molecule has 0 amide bonds. The predicted octanol–water partition coefficient (Wildman–Crippen LogP) is 2.94. The molecule has 0 aromatic heterocycles. The van der Waals surface area contributed by atoms with Crippen LogP contribution in [0.3, 0.4) is 0 Å². The zero-order chi connectivity index (χ0) is 16.2. The molecule has 1 heterocycles. The van der Waals surface area contributed by atoms with Gasteiger partial charge in [-0.1, -0.05) is 18.2 Å². The topological polar surface area (TPSA) is 63.6 Å². The highest BCUT2D eigenvalue weighted by molar-refractivity contribution is 5.85. The third kappa shape index (κ3) is 1.25. The molecule has 4 nitrogen and oxygen atoms in total. The van der Waals surface area contributed by atoms with Crippen molar-refractivity contribution in [3.63, 3.8) is 0 Å². The van der Waals surface area contributed by atoms with Crippen molar-refractivity contribution in [2.45, 2.75) is 44.6 Å². The van der Waals surface area contributed by atoms with Crippen molar-refractivity contribution in [1.82, 2.24) is 0 Å². The Morgan fingerprint density at radius 1 is 1.43 bits per heavy atom. The van der Waals surface area contributed by atoms with Crippen LogP contribution in [0.4, 0.5) is 0 Å². The maximum absolute atomic E-state index is 12.6.